The molecule has 0 heterocycles. The molecule has 0 unspecified atom stereocenters. The molecular formula is C12H17N3OS. The van der Waals surface area contributed by atoms with Gasteiger partial charge in [-0.1, -0.05) is 0 Å². The third kappa shape index (κ3) is 4.40. The monoisotopic (exact) mass is 251 g/mol. The lowest BCUT2D eigenvalue weighted by molar-refractivity contribution is 0.340. The molecule has 0 atom stereocenters. The summed E-state index contributed by atoms with van der Waals surface area (Å²) in [5, 5.41) is 7.45. The van der Waals surface area contributed by atoms with E-state index in [0.717, 1.165) is 17.0 Å². The van der Waals surface area contributed by atoms with Crippen LogP contribution in [0.3, 0.4) is 0 Å². The number of rotatable bonds is 4. The van der Waals surface area contributed by atoms with Crippen LogP contribution in [0.2, 0.25) is 0 Å². The van der Waals surface area contributed by atoms with Crippen molar-refractivity contribution in [3.05, 3.63) is 29.8 Å². The van der Waals surface area contributed by atoms with Crippen molar-refractivity contribution in [3.8, 4) is 5.75 Å². The lowest BCUT2D eigenvalue weighted by Crippen LogP contribution is -2.29. The fourth-order valence-corrected chi connectivity index (χ4v) is 1.26. The third-order valence-corrected chi connectivity index (χ3v) is 2.43. The molecule has 0 aromatic heterocycles. The summed E-state index contributed by atoms with van der Waals surface area (Å²) in [7, 11) is 1.75. The smallest absolute Gasteiger partial charge is 0.186 e. The van der Waals surface area contributed by atoms with Crippen LogP contribution in [0.4, 0.5) is 0 Å². The Hall–Kier alpha value is -1.62. The molecule has 1 aromatic carbocycles. The predicted molar refractivity (Wildman–Crippen MR) is 74.6 cm³/mol. The highest BCUT2D eigenvalue weighted by Gasteiger charge is 1.98. The summed E-state index contributed by atoms with van der Waals surface area (Å²) < 4.78 is 5.37. The number of hydrogen-bond acceptors (Lipinski definition) is 3. The Kier molecular flexibility index (Phi) is 5.42. The Labute approximate surface area is 107 Å². The highest BCUT2D eigenvalue weighted by molar-refractivity contribution is 7.80. The summed E-state index contributed by atoms with van der Waals surface area (Å²) in [6, 6.07) is 7.78. The number of nitrogens with zero attached hydrogens (tertiary/aromatic N) is 1. The molecule has 0 aliphatic rings. The van der Waals surface area contributed by atoms with Crippen molar-refractivity contribution < 1.29 is 4.74 Å². The number of thiocarbonyl (C=S) groups is 1. The van der Waals surface area contributed by atoms with Crippen LogP contribution in [-0.2, 0) is 0 Å². The van der Waals surface area contributed by atoms with E-state index in [4.69, 9.17) is 17.0 Å². The molecule has 5 heteroatoms. The van der Waals surface area contributed by atoms with Crippen LogP contribution in [0, 0.1) is 0 Å². The van der Waals surface area contributed by atoms with Gasteiger partial charge >= 0.3 is 0 Å². The zero-order chi connectivity index (χ0) is 12.7. The highest BCUT2D eigenvalue weighted by Crippen LogP contribution is 2.12. The van der Waals surface area contributed by atoms with Gasteiger partial charge in [-0.2, -0.15) is 5.10 Å². The van der Waals surface area contributed by atoms with Crippen molar-refractivity contribution in [3.63, 3.8) is 0 Å². The first-order valence-corrected chi connectivity index (χ1v) is 5.83. The summed E-state index contributed by atoms with van der Waals surface area (Å²) in [5.74, 6) is 0.864. The molecular weight excluding hydrogens is 234 g/mol. The number of ether oxygens (including phenoxy) is 1. The third-order valence-electron chi connectivity index (χ3n) is 2.14. The summed E-state index contributed by atoms with van der Waals surface area (Å²) in [6.07, 6.45) is 0. The van der Waals surface area contributed by atoms with E-state index in [2.05, 4.69) is 15.8 Å². The second-order valence-corrected chi connectivity index (χ2v) is 3.75. The number of hydrazone groups is 1. The second-order valence-electron chi connectivity index (χ2n) is 3.35. The standard InChI is InChI=1S/C12H17N3OS/c1-4-16-11-7-5-10(6-8-11)9(2)14-15-12(17)13-3/h5-8H,4H2,1-3H3,(H2,13,15,17)/b14-9-. The normalized spacial score (nSPS) is 10.9. The second kappa shape index (κ2) is 6.85. The van der Waals surface area contributed by atoms with Crippen LogP contribution in [0.5, 0.6) is 5.75 Å². The van der Waals surface area contributed by atoms with Crippen molar-refractivity contribution in [2.45, 2.75) is 13.8 Å². The maximum atomic E-state index is 5.37. The molecule has 17 heavy (non-hydrogen) atoms. The van der Waals surface area contributed by atoms with Gasteiger partial charge in [0.2, 0.25) is 0 Å². The van der Waals surface area contributed by atoms with Crippen LogP contribution in [-0.4, -0.2) is 24.5 Å². The molecule has 0 saturated heterocycles. The largest absolute Gasteiger partial charge is 0.494 e. The Morgan fingerprint density at radius 2 is 2.00 bits per heavy atom. The van der Waals surface area contributed by atoms with Gasteiger partial charge < -0.3 is 10.1 Å². The molecule has 0 spiro atoms. The van der Waals surface area contributed by atoms with Crippen LogP contribution >= 0.6 is 12.2 Å². The SMILES string of the molecule is CCOc1ccc(/C(C)=N\NC(=S)NC)cc1. The van der Waals surface area contributed by atoms with Gasteiger partial charge in [0.25, 0.3) is 0 Å². The highest BCUT2D eigenvalue weighted by atomic mass is 32.1. The molecule has 0 aliphatic heterocycles. The first-order chi connectivity index (χ1) is 8.17. The van der Waals surface area contributed by atoms with Crippen molar-refractivity contribution in [2.75, 3.05) is 13.7 Å². The summed E-state index contributed by atoms with van der Waals surface area (Å²) in [5.41, 5.74) is 4.64. The van der Waals surface area contributed by atoms with Crippen molar-refractivity contribution >= 4 is 23.0 Å². The first kappa shape index (κ1) is 13.4. The van der Waals surface area contributed by atoms with Gasteiger partial charge in [-0.05, 0) is 55.9 Å². The fraction of sp³-hybridized carbons (Fsp3) is 0.333. The van der Waals surface area contributed by atoms with Crippen LogP contribution in [0.25, 0.3) is 0 Å². The molecule has 1 aromatic rings. The lowest BCUT2D eigenvalue weighted by atomic mass is 10.1. The average Bonchev–Trinajstić information content (AvgIpc) is 2.36. The number of hydrogen-bond donors (Lipinski definition) is 2. The number of benzene rings is 1. The van der Waals surface area contributed by atoms with E-state index in [0.29, 0.717) is 11.7 Å². The summed E-state index contributed by atoms with van der Waals surface area (Å²) in [6.45, 7) is 4.55. The summed E-state index contributed by atoms with van der Waals surface area (Å²) >= 11 is 4.93. The van der Waals surface area contributed by atoms with E-state index in [-0.39, 0.29) is 0 Å². The Bertz CT molecular complexity index is 401. The molecule has 0 amide bonds. The number of nitrogens with one attached hydrogen (secondary N) is 2. The molecule has 0 fully saturated rings. The lowest BCUT2D eigenvalue weighted by Gasteiger charge is -2.06. The zero-order valence-corrected chi connectivity index (χ0v) is 11.1. The van der Waals surface area contributed by atoms with Gasteiger partial charge in [0.15, 0.2) is 5.11 Å². The van der Waals surface area contributed by atoms with Crippen LogP contribution in [0.1, 0.15) is 19.4 Å². The van der Waals surface area contributed by atoms with Gasteiger partial charge in [-0.3, -0.25) is 5.43 Å². The quantitative estimate of drug-likeness (QED) is 0.487. The molecule has 0 saturated carbocycles. The summed E-state index contributed by atoms with van der Waals surface area (Å²) in [4.78, 5) is 0. The minimum absolute atomic E-state index is 0.496. The topological polar surface area (TPSA) is 45.6 Å². The minimum atomic E-state index is 0.496. The van der Waals surface area contributed by atoms with Crippen molar-refractivity contribution in [2.24, 2.45) is 5.10 Å². The van der Waals surface area contributed by atoms with Gasteiger partial charge in [-0.15, -0.1) is 0 Å². The molecule has 0 aliphatic carbocycles. The Morgan fingerprint density at radius 3 is 2.53 bits per heavy atom. The van der Waals surface area contributed by atoms with Crippen molar-refractivity contribution in [1.82, 2.24) is 10.7 Å². The first-order valence-electron chi connectivity index (χ1n) is 5.42. The van der Waals surface area contributed by atoms with E-state index < -0.39 is 0 Å². The maximum Gasteiger partial charge on any atom is 0.186 e. The van der Waals surface area contributed by atoms with E-state index >= 15 is 0 Å². The van der Waals surface area contributed by atoms with Gasteiger partial charge in [-0.25, -0.2) is 0 Å². The van der Waals surface area contributed by atoms with Crippen molar-refractivity contribution in [1.29, 1.82) is 0 Å². The zero-order valence-electron chi connectivity index (χ0n) is 10.3. The molecule has 0 bridgehead atoms. The van der Waals surface area contributed by atoms with E-state index in [1.54, 1.807) is 7.05 Å². The average molecular weight is 251 g/mol. The van der Waals surface area contributed by atoms with E-state index in [1.165, 1.54) is 0 Å². The molecule has 1 rings (SSSR count). The molecule has 0 radical (unpaired) electrons. The molecule has 92 valence electrons. The van der Waals surface area contributed by atoms with Gasteiger partial charge in [0.05, 0.1) is 12.3 Å². The Morgan fingerprint density at radius 1 is 1.35 bits per heavy atom. The predicted octanol–water partition coefficient (Wildman–Crippen LogP) is 1.90. The minimum Gasteiger partial charge on any atom is -0.494 e. The molecule has 2 N–H and O–H groups in total. The van der Waals surface area contributed by atoms with Gasteiger partial charge in [0, 0.05) is 7.05 Å². The van der Waals surface area contributed by atoms with E-state index in [1.807, 2.05) is 38.1 Å². The van der Waals surface area contributed by atoms with Crippen LogP contribution in [0.15, 0.2) is 29.4 Å². The fourth-order valence-electron chi connectivity index (χ4n) is 1.21. The van der Waals surface area contributed by atoms with Crippen LogP contribution < -0.4 is 15.5 Å². The van der Waals surface area contributed by atoms with Gasteiger partial charge in [0.1, 0.15) is 5.75 Å². The Balaban J connectivity index is 2.68. The maximum absolute atomic E-state index is 5.37. The van der Waals surface area contributed by atoms with E-state index in [9.17, 15) is 0 Å². The molecule has 4 nitrogen and oxygen atoms in total.